The second-order valence-corrected chi connectivity index (χ2v) is 0. The van der Waals surface area contributed by atoms with E-state index in [1.807, 2.05) is 0 Å². The van der Waals surface area contributed by atoms with Crippen molar-refractivity contribution >= 4 is 0 Å². The molecule has 0 rings (SSSR count). The maximum Gasteiger partial charge on any atom is 0 e. The first kappa shape index (κ1) is 16.5. The maximum atomic E-state index is 3.00. The molecule has 4 heavy (non-hydrogen) atoms. The summed E-state index contributed by atoms with van der Waals surface area (Å²) in [5, 5.41) is 0. The van der Waals surface area contributed by atoms with Crippen LogP contribution < -0.4 is 0 Å². The van der Waals surface area contributed by atoms with Crippen LogP contribution >= 0.6 is 0 Å². The number of rotatable bonds is 0. The van der Waals surface area contributed by atoms with Crippen LogP contribution in [-0.4, -0.2) is 0 Å². The van der Waals surface area contributed by atoms with Gasteiger partial charge in [-0.25, -0.2) is 0 Å². The van der Waals surface area contributed by atoms with E-state index in [0.29, 0.717) is 0 Å². The molecule has 0 saturated heterocycles. The summed E-state index contributed by atoms with van der Waals surface area (Å²) >= 11 is 6.00. The molecular formula is CoFe2V. The minimum absolute atomic E-state index is 0. The van der Waals surface area contributed by atoms with Crippen LogP contribution in [0, 0.1) is 0 Å². The molecule has 0 aliphatic carbocycles. The average Bonchev–Trinajstić information content (AvgIpc) is 1.00. The Kier molecular flexibility index (Phi) is 79.4. The number of hydrogen-bond donors (Lipinski definition) is 0. The third-order valence-electron chi connectivity index (χ3n) is 0. The molecule has 0 saturated carbocycles. The topological polar surface area (TPSA) is 0 Å². The molecule has 0 aromatic rings. The Hall–Kier alpha value is 2.13. The summed E-state index contributed by atoms with van der Waals surface area (Å²) in [4.78, 5) is 0. The molecule has 0 bridgehead atoms. The van der Waals surface area contributed by atoms with Crippen molar-refractivity contribution in [3.63, 3.8) is 0 Å². The van der Waals surface area contributed by atoms with Gasteiger partial charge in [0.05, 0.1) is 0 Å². The van der Waals surface area contributed by atoms with E-state index in [9.17, 15) is 0 Å². The van der Waals surface area contributed by atoms with Crippen molar-refractivity contribution in [3.8, 4) is 0 Å². The molecule has 0 fully saturated rings. The normalized spacial score (nSPS) is 1.50. The van der Waals surface area contributed by atoms with Crippen LogP contribution in [0.1, 0.15) is 0 Å². The summed E-state index contributed by atoms with van der Waals surface area (Å²) in [6.07, 6.45) is 0. The van der Waals surface area contributed by atoms with Gasteiger partial charge in [0.2, 0.25) is 0 Å². The Labute approximate surface area is 63.1 Å². The Morgan fingerprint density at radius 1 is 1.00 bits per heavy atom. The van der Waals surface area contributed by atoms with E-state index in [1.54, 1.807) is 0 Å². The van der Waals surface area contributed by atoms with Gasteiger partial charge in [0.25, 0.3) is 0 Å². The van der Waals surface area contributed by atoms with Crippen molar-refractivity contribution in [2.24, 2.45) is 0 Å². The Balaban J connectivity index is -0.00000000500. The fraction of sp³-hybridized carbons (Fsp3) is 0. The molecule has 0 amide bonds. The summed E-state index contributed by atoms with van der Waals surface area (Å²) in [6.45, 7) is 0. The van der Waals surface area contributed by atoms with Gasteiger partial charge < -0.3 is 0 Å². The van der Waals surface area contributed by atoms with E-state index in [4.69, 9.17) is 0 Å². The smallest absolute Gasteiger partial charge is 0 e. The third kappa shape index (κ3) is 8.92. The number of hydrogen-bond acceptors (Lipinski definition) is 0. The molecule has 0 nitrogen and oxygen atoms in total. The first-order chi connectivity index (χ1) is 1.00. The fourth-order valence-corrected chi connectivity index (χ4v) is 0. The van der Waals surface area contributed by atoms with E-state index in [0.717, 1.165) is 0 Å². The van der Waals surface area contributed by atoms with Crippen LogP contribution in [0.4, 0.5) is 0 Å². The van der Waals surface area contributed by atoms with Crippen molar-refractivity contribution in [2.45, 2.75) is 0 Å². The Morgan fingerprint density at radius 3 is 1.00 bits per heavy atom. The van der Waals surface area contributed by atoms with Gasteiger partial charge in [-0.2, -0.15) is 0 Å². The van der Waals surface area contributed by atoms with E-state index in [1.165, 1.54) is 0 Å². The second kappa shape index (κ2) is 19.3. The van der Waals surface area contributed by atoms with Gasteiger partial charge >= 0.3 is 28.4 Å². The van der Waals surface area contributed by atoms with Crippen LogP contribution in [0.25, 0.3) is 0 Å². The Bertz CT molecular complexity index is 6.00. The quantitative estimate of drug-likeness (QED) is 0.505. The summed E-state index contributed by atoms with van der Waals surface area (Å²) in [6, 6.07) is 0. The van der Waals surface area contributed by atoms with Gasteiger partial charge in [-0.15, -0.1) is 0 Å². The van der Waals surface area contributed by atoms with E-state index in [2.05, 4.69) is 28.4 Å². The predicted octanol–water partition coefficient (Wildman–Crippen LogP) is -0.0100. The largest absolute Gasteiger partial charge is 0 e. The molecule has 0 spiro atoms. The molecule has 0 atom stereocenters. The van der Waals surface area contributed by atoms with Crippen molar-refractivity contribution in [1.82, 2.24) is 0 Å². The summed E-state index contributed by atoms with van der Waals surface area (Å²) < 4.78 is 0. The third-order valence-corrected chi connectivity index (χ3v) is 0. The van der Waals surface area contributed by atoms with E-state index < -0.39 is 0 Å². The molecule has 0 aliphatic heterocycles. The van der Waals surface area contributed by atoms with Gasteiger partial charge in [0.15, 0.2) is 0 Å². The van der Waals surface area contributed by atoms with Gasteiger partial charge in [0, 0.05) is 35.3 Å². The molecule has 0 aromatic carbocycles. The zero-order valence-corrected chi connectivity index (χ0v) is 6.13. The van der Waals surface area contributed by atoms with Crippen LogP contribution in [0.2, 0.25) is 0 Å². The molecule has 0 N–H and O–H groups in total. The van der Waals surface area contributed by atoms with Gasteiger partial charge in [-0.3, -0.25) is 0 Å². The monoisotopic (exact) mass is 222 g/mol. The molecule has 0 aliphatic rings. The van der Waals surface area contributed by atoms with Crippen LogP contribution in [0.15, 0.2) is 0 Å². The second-order valence-electron chi connectivity index (χ2n) is 0. The van der Waals surface area contributed by atoms with Crippen LogP contribution in [-0.2, 0) is 63.7 Å². The molecule has 4 heteroatoms. The van der Waals surface area contributed by atoms with Crippen LogP contribution in [0.5, 0.6) is 0 Å². The molecule has 30 valence electrons. The fourth-order valence-electron chi connectivity index (χ4n) is 0. The Morgan fingerprint density at radius 2 is 1.00 bits per heavy atom. The van der Waals surface area contributed by atoms with Crippen molar-refractivity contribution in [1.29, 1.82) is 0 Å². The molecule has 0 heterocycles. The van der Waals surface area contributed by atoms with E-state index in [-0.39, 0.29) is 35.3 Å². The zero-order valence-electron chi connectivity index (χ0n) is 1.49. The first-order valence-corrected chi connectivity index (χ1v) is 2.12. The first-order valence-electron chi connectivity index (χ1n) is 0.125. The SMILES string of the molecule is [Co].[Fe][Fe].[V]. The van der Waals surface area contributed by atoms with Gasteiger partial charge in [-0.1, -0.05) is 0 Å². The predicted molar refractivity (Wildman–Crippen MR) is 0 cm³/mol. The minimum atomic E-state index is 0. The molecule has 2 radical (unpaired) electrons. The zero-order chi connectivity index (χ0) is 2.00. The van der Waals surface area contributed by atoms with Crippen molar-refractivity contribution < 1.29 is 63.7 Å². The summed E-state index contributed by atoms with van der Waals surface area (Å²) in [5.74, 6) is 0. The van der Waals surface area contributed by atoms with E-state index >= 15 is 0 Å². The molecular weight excluding hydrogens is 222 g/mol. The maximum absolute atomic E-state index is 3.00. The van der Waals surface area contributed by atoms with Gasteiger partial charge in [-0.05, 0) is 0 Å². The molecule has 0 aromatic heterocycles. The van der Waals surface area contributed by atoms with Crippen LogP contribution in [0.3, 0.4) is 0 Å². The summed E-state index contributed by atoms with van der Waals surface area (Å²) in [5.41, 5.74) is 0. The van der Waals surface area contributed by atoms with Crippen molar-refractivity contribution in [2.75, 3.05) is 0 Å². The van der Waals surface area contributed by atoms with Gasteiger partial charge in [0.1, 0.15) is 0 Å². The molecule has 0 unspecified atom stereocenters. The van der Waals surface area contributed by atoms with Crippen molar-refractivity contribution in [3.05, 3.63) is 0 Å². The minimum Gasteiger partial charge on any atom is 0 e. The summed E-state index contributed by atoms with van der Waals surface area (Å²) in [7, 11) is 0. The standard InChI is InChI=1S/Co.2Fe.V. The average molecular weight is 222 g/mol.